The van der Waals surface area contributed by atoms with E-state index in [0.29, 0.717) is 5.41 Å². The first kappa shape index (κ1) is 12.2. The van der Waals surface area contributed by atoms with Crippen LogP contribution in [-0.4, -0.2) is 15.8 Å². The van der Waals surface area contributed by atoms with Gasteiger partial charge < -0.3 is 5.73 Å². The van der Waals surface area contributed by atoms with E-state index >= 15 is 0 Å². The minimum atomic E-state index is 0.284. The molecule has 3 nitrogen and oxygen atoms in total. The van der Waals surface area contributed by atoms with Crippen molar-refractivity contribution in [2.24, 2.45) is 18.2 Å². The van der Waals surface area contributed by atoms with Crippen molar-refractivity contribution < 1.29 is 0 Å². The first-order valence-corrected chi connectivity index (χ1v) is 5.63. The van der Waals surface area contributed by atoms with Crippen molar-refractivity contribution >= 4 is 0 Å². The predicted molar refractivity (Wildman–Crippen MR) is 63.6 cm³/mol. The summed E-state index contributed by atoms with van der Waals surface area (Å²) >= 11 is 0. The lowest BCUT2D eigenvalue weighted by atomic mass is 9.81. The fourth-order valence-corrected chi connectivity index (χ4v) is 2.09. The van der Waals surface area contributed by atoms with Gasteiger partial charge >= 0.3 is 0 Å². The third-order valence-corrected chi connectivity index (χ3v) is 2.85. The standard InChI is InChI=1S/C12H23N3/c1-10(13)9-12(2,3)7-5-11-6-8-14-15(11)4/h6,8,10H,5,7,9,13H2,1-4H3. The summed E-state index contributed by atoms with van der Waals surface area (Å²) < 4.78 is 1.95. The monoisotopic (exact) mass is 209 g/mol. The number of hydrogen-bond donors (Lipinski definition) is 1. The summed E-state index contributed by atoms with van der Waals surface area (Å²) in [5.41, 5.74) is 7.46. The van der Waals surface area contributed by atoms with Gasteiger partial charge in [-0.3, -0.25) is 4.68 Å². The second-order valence-electron chi connectivity index (χ2n) is 5.29. The molecule has 2 N–H and O–H groups in total. The van der Waals surface area contributed by atoms with Crippen LogP contribution in [0.2, 0.25) is 0 Å². The zero-order chi connectivity index (χ0) is 11.5. The van der Waals surface area contributed by atoms with Crippen molar-refractivity contribution in [1.29, 1.82) is 0 Å². The van der Waals surface area contributed by atoms with Crippen LogP contribution in [0.5, 0.6) is 0 Å². The summed E-state index contributed by atoms with van der Waals surface area (Å²) in [4.78, 5) is 0. The number of rotatable bonds is 5. The van der Waals surface area contributed by atoms with E-state index in [9.17, 15) is 0 Å². The quantitative estimate of drug-likeness (QED) is 0.807. The average molecular weight is 209 g/mol. The molecule has 0 radical (unpaired) electrons. The van der Waals surface area contributed by atoms with Gasteiger partial charge in [-0.1, -0.05) is 13.8 Å². The fourth-order valence-electron chi connectivity index (χ4n) is 2.09. The normalized spacial score (nSPS) is 14.2. The Kier molecular flexibility index (Phi) is 3.91. The molecule has 0 bridgehead atoms. The van der Waals surface area contributed by atoms with Crippen LogP contribution in [0.4, 0.5) is 0 Å². The highest BCUT2D eigenvalue weighted by Gasteiger charge is 2.19. The molecular formula is C12H23N3. The van der Waals surface area contributed by atoms with Crippen LogP contribution in [0, 0.1) is 5.41 Å². The Morgan fingerprint density at radius 1 is 1.53 bits per heavy atom. The lowest BCUT2D eigenvalue weighted by molar-refractivity contribution is 0.285. The summed E-state index contributed by atoms with van der Waals surface area (Å²) in [6.07, 6.45) is 5.17. The Hall–Kier alpha value is -0.830. The Labute approximate surface area is 92.7 Å². The zero-order valence-corrected chi connectivity index (χ0v) is 10.3. The lowest BCUT2D eigenvalue weighted by Crippen LogP contribution is -2.25. The Morgan fingerprint density at radius 3 is 2.67 bits per heavy atom. The Morgan fingerprint density at radius 2 is 2.20 bits per heavy atom. The molecule has 0 amide bonds. The molecule has 1 atom stereocenters. The van der Waals surface area contributed by atoms with Crippen molar-refractivity contribution in [2.45, 2.75) is 46.1 Å². The van der Waals surface area contributed by atoms with Crippen LogP contribution in [0.1, 0.15) is 39.3 Å². The van der Waals surface area contributed by atoms with E-state index in [4.69, 9.17) is 5.73 Å². The van der Waals surface area contributed by atoms with Crippen molar-refractivity contribution in [1.82, 2.24) is 9.78 Å². The maximum Gasteiger partial charge on any atom is 0.0492 e. The molecule has 0 aromatic carbocycles. The van der Waals surface area contributed by atoms with E-state index in [1.807, 2.05) is 17.9 Å². The van der Waals surface area contributed by atoms with Crippen molar-refractivity contribution in [2.75, 3.05) is 0 Å². The molecule has 0 saturated heterocycles. The maximum absolute atomic E-state index is 5.84. The van der Waals surface area contributed by atoms with Gasteiger partial charge in [0, 0.05) is 25.0 Å². The van der Waals surface area contributed by atoms with Crippen LogP contribution >= 0.6 is 0 Å². The summed E-state index contributed by atoms with van der Waals surface area (Å²) in [5.74, 6) is 0. The molecule has 3 heteroatoms. The van der Waals surface area contributed by atoms with Crippen LogP contribution in [0.3, 0.4) is 0 Å². The van der Waals surface area contributed by atoms with Crippen molar-refractivity contribution in [3.05, 3.63) is 18.0 Å². The van der Waals surface area contributed by atoms with Gasteiger partial charge in [-0.05, 0) is 37.7 Å². The predicted octanol–water partition coefficient (Wildman–Crippen LogP) is 2.12. The molecule has 0 aliphatic heterocycles. The van der Waals surface area contributed by atoms with E-state index in [1.165, 1.54) is 5.69 Å². The van der Waals surface area contributed by atoms with Gasteiger partial charge in [0.2, 0.25) is 0 Å². The number of nitrogens with zero attached hydrogens (tertiary/aromatic N) is 2. The second kappa shape index (κ2) is 4.79. The molecule has 0 spiro atoms. The van der Waals surface area contributed by atoms with Crippen molar-refractivity contribution in [3.8, 4) is 0 Å². The molecule has 1 heterocycles. The minimum absolute atomic E-state index is 0.284. The molecule has 0 aliphatic rings. The molecule has 1 rings (SSSR count). The van der Waals surface area contributed by atoms with Crippen LogP contribution in [-0.2, 0) is 13.5 Å². The molecule has 0 aliphatic carbocycles. The molecule has 1 aromatic heterocycles. The number of aryl methyl sites for hydroxylation is 2. The topological polar surface area (TPSA) is 43.8 Å². The maximum atomic E-state index is 5.84. The molecule has 1 unspecified atom stereocenters. The first-order chi connectivity index (χ1) is 6.91. The molecule has 15 heavy (non-hydrogen) atoms. The zero-order valence-electron chi connectivity index (χ0n) is 10.3. The SMILES string of the molecule is CC(N)CC(C)(C)CCc1ccnn1C. The second-order valence-corrected chi connectivity index (χ2v) is 5.29. The van der Waals surface area contributed by atoms with Gasteiger partial charge in [0.1, 0.15) is 0 Å². The Balaban J connectivity index is 2.46. The van der Waals surface area contributed by atoms with Crippen LogP contribution in [0.25, 0.3) is 0 Å². The van der Waals surface area contributed by atoms with Crippen LogP contribution in [0.15, 0.2) is 12.3 Å². The van der Waals surface area contributed by atoms with Gasteiger partial charge in [0.15, 0.2) is 0 Å². The summed E-state index contributed by atoms with van der Waals surface area (Å²) in [5, 5.41) is 4.17. The van der Waals surface area contributed by atoms with Gasteiger partial charge in [0.05, 0.1) is 0 Å². The summed E-state index contributed by atoms with van der Waals surface area (Å²) in [7, 11) is 1.99. The highest BCUT2D eigenvalue weighted by molar-refractivity contribution is 5.00. The molecule has 1 aromatic rings. The number of aromatic nitrogens is 2. The van der Waals surface area contributed by atoms with Gasteiger partial charge in [0.25, 0.3) is 0 Å². The Bertz CT molecular complexity index is 300. The summed E-state index contributed by atoms with van der Waals surface area (Å²) in [6, 6.07) is 2.37. The van der Waals surface area contributed by atoms with E-state index in [0.717, 1.165) is 19.3 Å². The van der Waals surface area contributed by atoms with Crippen molar-refractivity contribution in [3.63, 3.8) is 0 Å². The molecule has 0 fully saturated rings. The van der Waals surface area contributed by atoms with Gasteiger partial charge in [-0.2, -0.15) is 5.10 Å². The van der Waals surface area contributed by atoms with E-state index in [-0.39, 0.29) is 6.04 Å². The lowest BCUT2D eigenvalue weighted by Gasteiger charge is -2.26. The van der Waals surface area contributed by atoms with E-state index in [2.05, 4.69) is 31.9 Å². The average Bonchev–Trinajstić information content (AvgIpc) is 2.45. The van der Waals surface area contributed by atoms with Gasteiger partial charge in [-0.25, -0.2) is 0 Å². The smallest absolute Gasteiger partial charge is 0.0492 e. The largest absolute Gasteiger partial charge is 0.328 e. The third kappa shape index (κ3) is 4.04. The fraction of sp³-hybridized carbons (Fsp3) is 0.750. The van der Waals surface area contributed by atoms with Gasteiger partial charge in [-0.15, -0.1) is 0 Å². The molecule has 86 valence electrons. The third-order valence-electron chi connectivity index (χ3n) is 2.85. The molecule has 0 saturated carbocycles. The van der Waals surface area contributed by atoms with E-state index in [1.54, 1.807) is 0 Å². The van der Waals surface area contributed by atoms with Crippen LogP contribution < -0.4 is 5.73 Å². The van der Waals surface area contributed by atoms with E-state index < -0.39 is 0 Å². The number of nitrogens with two attached hydrogens (primary N) is 1. The number of hydrogen-bond acceptors (Lipinski definition) is 2. The highest BCUT2D eigenvalue weighted by atomic mass is 15.2. The first-order valence-electron chi connectivity index (χ1n) is 5.63. The highest BCUT2D eigenvalue weighted by Crippen LogP contribution is 2.27. The minimum Gasteiger partial charge on any atom is -0.328 e. The summed E-state index contributed by atoms with van der Waals surface area (Å²) in [6.45, 7) is 6.64. The molecular weight excluding hydrogens is 186 g/mol.